The Morgan fingerprint density at radius 2 is 2.00 bits per heavy atom. The number of amides is 1. The summed E-state index contributed by atoms with van der Waals surface area (Å²) >= 11 is 0. The number of carboxylic acids is 1. The quantitative estimate of drug-likeness (QED) is 0.879. The van der Waals surface area contributed by atoms with Crippen LogP contribution < -0.4 is 5.63 Å². The normalized spacial score (nSPS) is 16.3. The Balaban J connectivity index is 1.94. The number of rotatable bonds is 3. The lowest BCUT2D eigenvalue weighted by molar-refractivity contribution is -0.138. The monoisotopic (exact) mass is 265 g/mol. The number of aliphatic carboxylic acids is 1. The predicted octanol–water partition coefficient (Wildman–Crippen LogP) is 0.967. The van der Waals surface area contributed by atoms with E-state index >= 15 is 0 Å². The van der Waals surface area contributed by atoms with E-state index in [9.17, 15) is 14.4 Å². The molecule has 1 aromatic rings. The zero-order valence-electron chi connectivity index (χ0n) is 10.4. The molecule has 0 unspecified atom stereocenters. The molecule has 0 atom stereocenters. The van der Waals surface area contributed by atoms with E-state index in [1.165, 1.54) is 12.1 Å². The smallest absolute Gasteiger partial charge is 0.335 e. The highest BCUT2D eigenvalue weighted by Gasteiger charge is 2.25. The van der Waals surface area contributed by atoms with Gasteiger partial charge in [0.1, 0.15) is 6.26 Å². The molecule has 1 aliphatic heterocycles. The molecule has 1 aromatic heterocycles. The van der Waals surface area contributed by atoms with Crippen LogP contribution in [-0.2, 0) is 4.79 Å². The second kappa shape index (κ2) is 5.69. The molecule has 0 aromatic carbocycles. The minimum absolute atomic E-state index is 0.134. The van der Waals surface area contributed by atoms with Crippen LogP contribution >= 0.6 is 0 Å². The van der Waals surface area contributed by atoms with E-state index in [2.05, 4.69) is 4.42 Å². The molecule has 1 amide bonds. The summed E-state index contributed by atoms with van der Waals surface area (Å²) < 4.78 is 4.66. The summed E-state index contributed by atoms with van der Waals surface area (Å²) in [6, 6.07) is 2.65. The minimum Gasteiger partial charge on any atom is -0.481 e. The number of carbonyl (C=O) groups excluding carboxylic acids is 1. The van der Waals surface area contributed by atoms with Gasteiger partial charge in [-0.05, 0) is 24.8 Å². The van der Waals surface area contributed by atoms with Crippen molar-refractivity contribution in [3.05, 3.63) is 34.4 Å². The number of carboxylic acid groups (broad SMARTS) is 1. The van der Waals surface area contributed by atoms with Crippen molar-refractivity contribution in [1.82, 2.24) is 4.90 Å². The summed E-state index contributed by atoms with van der Waals surface area (Å²) in [4.78, 5) is 35.2. The Morgan fingerprint density at radius 3 is 2.53 bits per heavy atom. The molecule has 102 valence electrons. The Bertz CT molecular complexity index is 508. The van der Waals surface area contributed by atoms with Crippen molar-refractivity contribution in [2.75, 3.05) is 13.1 Å². The van der Waals surface area contributed by atoms with Crippen LogP contribution in [0.4, 0.5) is 0 Å². The first kappa shape index (κ1) is 13.3. The van der Waals surface area contributed by atoms with Crippen molar-refractivity contribution in [1.29, 1.82) is 0 Å². The van der Waals surface area contributed by atoms with Gasteiger partial charge in [0.05, 0.1) is 5.56 Å². The second-order valence-corrected chi connectivity index (χ2v) is 4.68. The Kier molecular flexibility index (Phi) is 3.99. The lowest BCUT2D eigenvalue weighted by Gasteiger charge is -2.31. The number of carbonyl (C=O) groups is 2. The predicted molar refractivity (Wildman–Crippen MR) is 65.9 cm³/mol. The van der Waals surface area contributed by atoms with Crippen LogP contribution in [0.5, 0.6) is 0 Å². The summed E-state index contributed by atoms with van der Waals surface area (Å²) in [5.74, 6) is -0.845. The molecule has 6 heteroatoms. The van der Waals surface area contributed by atoms with Crippen LogP contribution in [0.25, 0.3) is 0 Å². The number of likely N-dealkylation sites (tertiary alicyclic amines) is 1. The summed E-state index contributed by atoms with van der Waals surface area (Å²) in [5, 5.41) is 8.72. The molecule has 2 rings (SSSR count). The molecule has 1 saturated heterocycles. The van der Waals surface area contributed by atoms with Gasteiger partial charge in [0.2, 0.25) is 0 Å². The van der Waals surface area contributed by atoms with Crippen LogP contribution in [-0.4, -0.2) is 35.0 Å². The van der Waals surface area contributed by atoms with Gasteiger partial charge in [-0.1, -0.05) is 0 Å². The van der Waals surface area contributed by atoms with Crippen molar-refractivity contribution >= 4 is 11.9 Å². The maximum atomic E-state index is 12.1. The maximum Gasteiger partial charge on any atom is 0.335 e. The number of nitrogens with zero attached hydrogens (tertiary/aromatic N) is 1. The standard InChI is InChI=1S/C13H15NO5/c15-11(16)7-9-3-5-14(6-4-9)13(18)10-1-2-12(17)19-8-10/h1-2,8-9H,3-7H2,(H,15,16). The third-order valence-electron chi connectivity index (χ3n) is 3.31. The van der Waals surface area contributed by atoms with Gasteiger partial charge in [-0.2, -0.15) is 0 Å². The van der Waals surface area contributed by atoms with Crippen molar-refractivity contribution in [3.63, 3.8) is 0 Å². The zero-order valence-corrected chi connectivity index (χ0v) is 10.4. The molecule has 1 N–H and O–H groups in total. The minimum atomic E-state index is -0.797. The number of hydrogen-bond donors (Lipinski definition) is 1. The van der Waals surface area contributed by atoms with E-state index in [1.807, 2.05) is 0 Å². The highest BCUT2D eigenvalue weighted by molar-refractivity contribution is 5.93. The highest BCUT2D eigenvalue weighted by atomic mass is 16.4. The van der Waals surface area contributed by atoms with E-state index in [0.29, 0.717) is 31.5 Å². The van der Waals surface area contributed by atoms with Crippen LogP contribution in [0.15, 0.2) is 27.6 Å². The molecule has 0 spiro atoms. The van der Waals surface area contributed by atoms with Gasteiger partial charge in [-0.25, -0.2) is 4.79 Å². The molecule has 0 aliphatic carbocycles. The Morgan fingerprint density at radius 1 is 1.32 bits per heavy atom. The zero-order chi connectivity index (χ0) is 13.8. The van der Waals surface area contributed by atoms with E-state index < -0.39 is 11.6 Å². The summed E-state index contributed by atoms with van der Waals surface area (Å²) in [6.07, 6.45) is 2.69. The van der Waals surface area contributed by atoms with E-state index in [0.717, 1.165) is 6.26 Å². The van der Waals surface area contributed by atoms with Gasteiger partial charge >= 0.3 is 11.6 Å². The van der Waals surface area contributed by atoms with E-state index in [1.54, 1.807) is 4.90 Å². The molecule has 0 bridgehead atoms. The Hall–Kier alpha value is -2.11. The summed E-state index contributed by atoms with van der Waals surface area (Å²) in [6.45, 7) is 1.08. The fourth-order valence-corrected chi connectivity index (χ4v) is 2.25. The number of piperidine rings is 1. The van der Waals surface area contributed by atoms with E-state index in [4.69, 9.17) is 5.11 Å². The van der Waals surface area contributed by atoms with Gasteiger partial charge in [0, 0.05) is 25.6 Å². The first-order chi connectivity index (χ1) is 9.06. The molecule has 0 saturated carbocycles. The van der Waals surface area contributed by atoms with Gasteiger partial charge in [-0.3, -0.25) is 9.59 Å². The molecule has 0 radical (unpaired) electrons. The SMILES string of the molecule is O=C(O)CC1CCN(C(=O)c2ccc(=O)oc2)CC1. The van der Waals surface area contributed by atoms with Crippen LogP contribution in [0, 0.1) is 5.92 Å². The largest absolute Gasteiger partial charge is 0.481 e. The average Bonchev–Trinajstić information content (AvgIpc) is 2.39. The molecule has 6 nitrogen and oxygen atoms in total. The van der Waals surface area contributed by atoms with Crippen molar-refractivity contribution in [2.45, 2.75) is 19.3 Å². The third kappa shape index (κ3) is 3.43. The van der Waals surface area contributed by atoms with Crippen molar-refractivity contribution in [2.24, 2.45) is 5.92 Å². The van der Waals surface area contributed by atoms with Crippen LogP contribution in [0.2, 0.25) is 0 Å². The lowest BCUT2D eigenvalue weighted by Crippen LogP contribution is -2.39. The third-order valence-corrected chi connectivity index (χ3v) is 3.31. The van der Waals surface area contributed by atoms with Gasteiger partial charge < -0.3 is 14.4 Å². The topological polar surface area (TPSA) is 87.8 Å². The molecule has 2 heterocycles. The van der Waals surface area contributed by atoms with E-state index in [-0.39, 0.29) is 18.2 Å². The highest BCUT2D eigenvalue weighted by Crippen LogP contribution is 2.21. The molecule has 1 fully saturated rings. The van der Waals surface area contributed by atoms with Crippen molar-refractivity contribution < 1.29 is 19.1 Å². The average molecular weight is 265 g/mol. The summed E-state index contributed by atoms with van der Waals surface area (Å²) in [5.41, 5.74) is -0.145. The van der Waals surface area contributed by atoms with Crippen molar-refractivity contribution in [3.8, 4) is 0 Å². The molecular formula is C13H15NO5. The number of hydrogen-bond acceptors (Lipinski definition) is 4. The molecule has 19 heavy (non-hydrogen) atoms. The first-order valence-electron chi connectivity index (χ1n) is 6.16. The van der Waals surface area contributed by atoms with Gasteiger partial charge in [-0.15, -0.1) is 0 Å². The molecular weight excluding hydrogens is 250 g/mol. The lowest BCUT2D eigenvalue weighted by atomic mass is 9.93. The van der Waals surface area contributed by atoms with Crippen LogP contribution in [0.3, 0.4) is 0 Å². The Labute approximate surface area is 109 Å². The van der Waals surface area contributed by atoms with Gasteiger partial charge in [0.15, 0.2) is 0 Å². The fourth-order valence-electron chi connectivity index (χ4n) is 2.25. The fraction of sp³-hybridized carbons (Fsp3) is 0.462. The summed E-state index contributed by atoms with van der Waals surface area (Å²) in [7, 11) is 0. The molecule has 1 aliphatic rings. The maximum absolute atomic E-state index is 12.1. The van der Waals surface area contributed by atoms with Crippen LogP contribution in [0.1, 0.15) is 29.6 Å². The van der Waals surface area contributed by atoms with Gasteiger partial charge in [0.25, 0.3) is 5.91 Å². The second-order valence-electron chi connectivity index (χ2n) is 4.68. The first-order valence-corrected chi connectivity index (χ1v) is 6.16.